The Morgan fingerprint density at radius 2 is 2.12 bits per heavy atom. The summed E-state index contributed by atoms with van der Waals surface area (Å²) in [5.74, 6) is 0. The number of H-pyrrole nitrogens is 1. The maximum absolute atomic E-state index is 4.31. The standard InChI is InChI=1S/C14H16N2/c1-4-12(14-8-15-9-16-14)13-7-5-6-10(2)11(13)3/h4-9H,1-3H3,(H,15,16). The van der Waals surface area contributed by atoms with Gasteiger partial charge in [0.25, 0.3) is 0 Å². The maximum Gasteiger partial charge on any atom is 0.0927 e. The number of hydrogen-bond donors (Lipinski definition) is 1. The second kappa shape index (κ2) is 4.35. The van der Waals surface area contributed by atoms with Crippen molar-refractivity contribution in [1.29, 1.82) is 0 Å². The molecule has 82 valence electrons. The Balaban J connectivity index is 2.55. The van der Waals surface area contributed by atoms with Crippen molar-refractivity contribution >= 4 is 5.57 Å². The molecule has 1 N–H and O–H groups in total. The Hall–Kier alpha value is -1.83. The molecule has 1 heterocycles. The first-order chi connectivity index (χ1) is 7.74. The summed E-state index contributed by atoms with van der Waals surface area (Å²) in [5.41, 5.74) is 6.07. The smallest absolute Gasteiger partial charge is 0.0927 e. The highest BCUT2D eigenvalue weighted by Gasteiger charge is 2.09. The zero-order chi connectivity index (χ0) is 11.5. The molecule has 0 saturated heterocycles. The second-order valence-corrected chi connectivity index (χ2v) is 3.90. The van der Waals surface area contributed by atoms with Crippen molar-refractivity contribution in [3.63, 3.8) is 0 Å². The predicted molar refractivity (Wildman–Crippen MR) is 67.3 cm³/mol. The molecule has 0 amide bonds. The summed E-state index contributed by atoms with van der Waals surface area (Å²) in [6.07, 6.45) is 5.75. The summed E-state index contributed by atoms with van der Waals surface area (Å²) in [6, 6.07) is 6.37. The van der Waals surface area contributed by atoms with Crippen LogP contribution in [0.1, 0.15) is 29.3 Å². The van der Waals surface area contributed by atoms with E-state index >= 15 is 0 Å². The van der Waals surface area contributed by atoms with Gasteiger partial charge in [0.05, 0.1) is 12.0 Å². The van der Waals surface area contributed by atoms with Crippen LogP contribution in [0.2, 0.25) is 0 Å². The number of rotatable bonds is 2. The number of aromatic amines is 1. The fraction of sp³-hybridized carbons (Fsp3) is 0.214. The molecule has 0 atom stereocenters. The minimum Gasteiger partial charge on any atom is -0.351 e. The first-order valence-electron chi connectivity index (χ1n) is 5.46. The van der Waals surface area contributed by atoms with Crippen LogP contribution in [-0.4, -0.2) is 9.97 Å². The first kappa shape index (κ1) is 10.7. The molecule has 2 heteroatoms. The molecule has 0 fully saturated rings. The van der Waals surface area contributed by atoms with Crippen LogP contribution in [0.5, 0.6) is 0 Å². The molecule has 1 aromatic heterocycles. The van der Waals surface area contributed by atoms with Crippen LogP contribution in [0.15, 0.2) is 36.8 Å². The van der Waals surface area contributed by atoms with E-state index in [1.165, 1.54) is 22.3 Å². The molecule has 0 bridgehead atoms. The third-order valence-corrected chi connectivity index (χ3v) is 2.96. The maximum atomic E-state index is 4.31. The van der Waals surface area contributed by atoms with E-state index in [4.69, 9.17) is 0 Å². The van der Waals surface area contributed by atoms with Gasteiger partial charge < -0.3 is 4.98 Å². The van der Waals surface area contributed by atoms with Crippen molar-refractivity contribution in [3.8, 4) is 0 Å². The number of allylic oxidation sites excluding steroid dienone is 1. The van der Waals surface area contributed by atoms with Crippen molar-refractivity contribution < 1.29 is 0 Å². The van der Waals surface area contributed by atoms with Crippen LogP contribution < -0.4 is 0 Å². The van der Waals surface area contributed by atoms with Gasteiger partial charge in [-0.25, -0.2) is 4.98 Å². The number of nitrogens with one attached hydrogen (secondary N) is 1. The van der Waals surface area contributed by atoms with Crippen molar-refractivity contribution in [2.45, 2.75) is 20.8 Å². The molecule has 0 saturated carbocycles. The lowest BCUT2D eigenvalue weighted by Crippen LogP contribution is -1.93. The van der Waals surface area contributed by atoms with Crippen LogP contribution in [0.25, 0.3) is 5.57 Å². The largest absolute Gasteiger partial charge is 0.351 e. The Morgan fingerprint density at radius 1 is 1.31 bits per heavy atom. The Kier molecular flexibility index (Phi) is 2.91. The quantitative estimate of drug-likeness (QED) is 0.811. The second-order valence-electron chi connectivity index (χ2n) is 3.90. The normalized spacial score (nSPS) is 11.8. The van der Waals surface area contributed by atoms with Crippen LogP contribution >= 0.6 is 0 Å². The van der Waals surface area contributed by atoms with Gasteiger partial charge in [-0.3, -0.25) is 0 Å². The molecular weight excluding hydrogens is 196 g/mol. The van der Waals surface area contributed by atoms with Gasteiger partial charge >= 0.3 is 0 Å². The van der Waals surface area contributed by atoms with Crippen LogP contribution in [0.3, 0.4) is 0 Å². The highest BCUT2D eigenvalue weighted by atomic mass is 14.9. The fourth-order valence-corrected chi connectivity index (χ4v) is 1.89. The van der Waals surface area contributed by atoms with E-state index in [1.807, 2.05) is 13.1 Å². The number of aromatic nitrogens is 2. The molecule has 0 aliphatic rings. The van der Waals surface area contributed by atoms with E-state index in [0.29, 0.717) is 0 Å². The van der Waals surface area contributed by atoms with Crippen LogP contribution in [0.4, 0.5) is 0 Å². The molecule has 1 aromatic carbocycles. The Morgan fingerprint density at radius 3 is 2.75 bits per heavy atom. The lowest BCUT2D eigenvalue weighted by Gasteiger charge is -2.10. The molecule has 2 rings (SSSR count). The van der Waals surface area contributed by atoms with Gasteiger partial charge in [0.1, 0.15) is 0 Å². The molecule has 2 aromatic rings. The third kappa shape index (κ3) is 1.78. The number of nitrogens with zero attached hydrogens (tertiary/aromatic N) is 1. The topological polar surface area (TPSA) is 28.7 Å². The minimum absolute atomic E-state index is 0.996. The van der Waals surface area contributed by atoms with Gasteiger partial charge in [0.2, 0.25) is 0 Å². The van der Waals surface area contributed by atoms with E-state index < -0.39 is 0 Å². The minimum atomic E-state index is 0.996. The molecule has 0 aliphatic carbocycles. The summed E-state index contributed by atoms with van der Waals surface area (Å²) in [6.45, 7) is 6.34. The number of hydrogen-bond acceptors (Lipinski definition) is 1. The van der Waals surface area contributed by atoms with Gasteiger partial charge in [0, 0.05) is 11.8 Å². The highest BCUT2D eigenvalue weighted by molar-refractivity contribution is 5.79. The van der Waals surface area contributed by atoms with Crippen molar-refractivity contribution in [1.82, 2.24) is 9.97 Å². The van der Waals surface area contributed by atoms with Crippen molar-refractivity contribution in [2.24, 2.45) is 0 Å². The molecule has 0 spiro atoms. The summed E-state index contributed by atoms with van der Waals surface area (Å²) in [7, 11) is 0. The Labute approximate surface area is 96.1 Å². The fourth-order valence-electron chi connectivity index (χ4n) is 1.89. The number of benzene rings is 1. The van der Waals surface area contributed by atoms with Gasteiger partial charge in [-0.1, -0.05) is 24.3 Å². The van der Waals surface area contributed by atoms with Crippen molar-refractivity contribution in [3.05, 3.63) is 59.2 Å². The third-order valence-electron chi connectivity index (χ3n) is 2.96. The average molecular weight is 212 g/mol. The average Bonchev–Trinajstić information content (AvgIpc) is 2.79. The zero-order valence-corrected chi connectivity index (χ0v) is 9.91. The van der Waals surface area contributed by atoms with Gasteiger partial charge in [-0.2, -0.15) is 0 Å². The molecule has 0 unspecified atom stereocenters. The van der Waals surface area contributed by atoms with Gasteiger partial charge in [-0.15, -0.1) is 0 Å². The lowest BCUT2D eigenvalue weighted by molar-refractivity contribution is 1.27. The van der Waals surface area contributed by atoms with Gasteiger partial charge in [-0.05, 0) is 37.5 Å². The summed E-state index contributed by atoms with van der Waals surface area (Å²) in [4.78, 5) is 7.31. The summed E-state index contributed by atoms with van der Waals surface area (Å²) in [5, 5.41) is 0. The summed E-state index contributed by atoms with van der Waals surface area (Å²) >= 11 is 0. The number of imidazole rings is 1. The van der Waals surface area contributed by atoms with E-state index in [0.717, 1.165) is 5.69 Å². The Bertz CT molecular complexity index is 508. The van der Waals surface area contributed by atoms with Crippen molar-refractivity contribution in [2.75, 3.05) is 0 Å². The molecule has 0 aliphatic heterocycles. The van der Waals surface area contributed by atoms with E-state index in [-0.39, 0.29) is 0 Å². The van der Waals surface area contributed by atoms with Gasteiger partial charge in [0.15, 0.2) is 0 Å². The predicted octanol–water partition coefficient (Wildman–Crippen LogP) is 3.48. The van der Waals surface area contributed by atoms with E-state index in [2.05, 4.69) is 48.1 Å². The molecule has 2 nitrogen and oxygen atoms in total. The number of aryl methyl sites for hydroxylation is 1. The summed E-state index contributed by atoms with van der Waals surface area (Å²) < 4.78 is 0. The van der Waals surface area contributed by atoms with E-state index in [9.17, 15) is 0 Å². The zero-order valence-electron chi connectivity index (χ0n) is 9.91. The SMILES string of the molecule is CC=C(c1c[nH]cn1)c1cccc(C)c1C. The molecule has 0 radical (unpaired) electrons. The van der Waals surface area contributed by atoms with Crippen LogP contribution in [0, 0.1) is 13.8 Å². The highest BCUT2D eigenvalue weighted by Crippen LogP contribution is 2.25. The van der Waals surface area contributed by atoms with E-state index in [1.54, 1.807) is 6.33 Å². The molecular formula is C14H16N2. The first-order valence-corrected chi connectivity index (χ1v) is 5.46. The molecule has 16 heavy (non-hydrogen) atoms. The monoisotopic (exact) mass is 212 g/mol. The lowest BCUT2D eigenvalue weighted by atomic mass is 9.95. The van der Waals surface area contributed by atoms with Crippen LogP contribution in [-0.2, 0) is 0 Å².